The van der Waals surface area contributed by atoms with E-state index in [1.54, 1.807) is 11.1 Å². The predicted octanol–water partition coefficient (Wildman–Crippen LogP) is 2.89. The first-order valence-corrected chi connectivity index (χ1v) is 6.20. The second kappa shape index (κ2) is 4.36. The van der Waals surface area contributed by atoms with Gasteiger partial charge in [0.15, 0.2) is 0 Å². The molecule has 0 saturated carbocycles. The maximum absolute atomic E-state index is 3.50. The Bertz CT molecular complexity index is 324. The molecule has 1 saturated heterocycles. The quantitative estimate of drug-likeness (QED) is 0.683. The molecule has 0 aromatic heterocycles. The third-order valence-corrected chi connectivity index (χ3v) is 3.71. The first-order chi connectivity index (χ1) is 7.41. The highest BCUT2D eigenvalue weighted by Gasteiger charge is 2.40. The molecule has 1 aliphatic carbocycles. The Hall–Kier alpha value is -0.820. The van der Waals surface area contributed by atoms with Crippen LogP contribution in [0.4, 0.5) is 0 Å². The van der Waals surface area contributed by atoms with Gasteiger partial charge in [0.1, 0.15) is 0 Å². The molecule has 1 nitrogen and oxygen atoms in total. The second-order valence-electron chi connectivity index (χ2n) is 4.36. The van der Waals surface area contributed by atoms with Crippen LogP contribution in [-0.2, 0) is 11.8 Å². The molecule has 1 aliphatic heterocycles. The van der Waals surface area contributed by atoms with E-state index in [1.165, 1.54) is 32.4 Å². The number of hydrogen-bond acceptors (Lipinski definition) is 1. The average molecular weight is 203 g/mol. The van der Waals surface area contributed by atoms with Crippen LogP contribution in [0.3, 0.4) is 0 Å². The Morgan fingerprint density at radius 2 is 1.93 bits per heavy atom. The lowest BCUT2D eigenvalue weighted by Gasteiger charge is -2.23. The highest BCUT2D eigenvalue weighted by atomic mass is 14.9. The maximum Gasteiger partial charge on any atom is 0.00957 e. The summed E-state index contributed by atoms with van der Waals surface area (Å²) < 4.78 is 0. The van der Waals surface area contributed by atoms with Crippen LogP contribution in [0.5, 0.6) is 0 Å². The maximum atomic E-state index is 3.50. The van der Waals surface area contributed by atoms with Crippen LogP contribution in [0, 0.1) is 0 Å². The van der Waals surface area contributed by atoms with Crippen LogP contribution in [0.15, 0.2) is 24.3 Å². The average Bonchev–Trinajstić information content (AvgIpc) is 2.92. The van der Waals surface area contributed by atoms with Crippen LogP contribution in [-0.4, -0.2) is 13.1 Å². The molecule has 1 aromatic rings. The summed E-state index contributed by atoms with van der Waals surface area (Å²) in [5, 5.41) is 3.50. The molecule has 1 unspecified atom stereocenters. The Balaban J connectivity index is 0.000000404. The van der Waals surface area contributed by atoms with E-state index < -0.39 is 0 Å². The zero-order valence-corrected chi connectivity index (χ0v) is 9.84. The van der Waals surface area contributed by atoms with Gasteiger partial charge < -0.3 is 5.32 Å². The fraction of sp³-hybridized carbons (Fsp3) is 0.571. The molecule has 0 radical (unpaired) electrons. The van der Waals surface area contributed by atoms with Crippen LogP contribution >= 0.6 is 0 Å². The molecule has 3 rings (SSSR count). The van der Waals surface area contributed by atoms with Crippen LogP contribution in [0.2, 0.25) is 0 Å². The third-order valence-electron chi connectivity index (χ3n) is 3.71. The van der Waals surface area contributed by atoms with Crippen molar-refractivity contribution in [3.05, 3.63) is 35.4 Å². The minimum atomic E-state index is 0.511. The topological polar surface area (TPSA) is 12.0 Å². The minimum absolute atomic E-state index is 0.511. The Morgan fingerprint density at radius 3 is 2.67 bits per heavy atom. The number of nitrogens with one attached hydrogen (secondary N) is 1. The summed E-state index contributed by atoms with van der Waals surface area (Å²) >= 11 is 0. The molecular formula is C14H21N. The summed E-state index contributed by atoms with van der Waals surface area (Å²) in [7, 11) is 0. The third kappa shape index (κ3) is 1.69. The number of hydrogen-bond donors (Lipinski definition) is 1. The van der Waals surface area contributed by atoms with Crippen molar-refractivity contribution in [2.75, 3.05) is 13.1 Å². The van der Waals surface area contributed by atoms with Gasteiger partial charge in [-0.25, -0.2) is 0 Å². The highest BCUT2D eigenvalue weighted by molar-refractivity contribution is 5.40. The van der Waals surface area contributed by atoms with Crippen molar-refractivity contribution in [1.29, 1.82) is 0 Å². The van der Waals surface area contributed by atoms with E-state index in [0.717, 1.165) is 0 Å². The summed E-state index contributed by atoms with van der Waals surface area (Å²) in [4.78, 5) is 0. The van der Waals surface area contributed by atoms with Gasteiger partial charge in [-0.2, -0.15) is 0 Å². The molecule has 82 valence electrons. The normalized spacial score (nSPS) is 27.3. The van der Waals surface area contributed by atoms with Crippen molar-refractivity contribution in [3.8, 4) is 0 Å². The molecule has 2 aliphatic rings. The standard InChI is InChI=1S/C12H15N.C2H6/c1-2-4-11-10(3-1)5-6-12(11)7-8-13-9-12;1-2/h1-4,13H,5-9H2;1-2H3. The lowest BCUT2D eigenvalue weighted by atomic mass is 9.81. The van der Waals surface area contributed by atoms with Crippen LogP contribution < -0.4 is 5.32 Å². The highest BCUT2D eigenvalue weighted by Crippen LogP contribution is 2.42. The van der Waals surface area contributed by atoms with Crippen molar-refractivity contribution in [1.82, 2.24) is 5.32 Å². The molecule has 1 aromatic carbocycles. The summed E-state index contributed by atoms with van der Waals surface area (Å²) in [6.45, 7) is 6.40. The summed E-state index contributed by atoms with van der Waals surface area (Å²) in [5.41, 5.74) is 3.72. The number of rotatable bonds is 0. The van der Waals surface area contributed by atoms with E-state index in [2.05, 4.69) is 29.6 Å². The van der Waals surface area contributed by atoms with E-state index in [0.29, 0.717) is 5.41 Å². The monoisotopic (exact) mass is 203 g/mol. The molecule has 0 bridgehead atoms. The molecule has 1 spiro atoms. The molecule has 0 amide bonds. The molecule has 1 heterocycles. The molecule has 1 N–H and O–H groups in total. The van der Waals surface area contributed by atoms with E-state index >= 15 is 0 Å². The number of aryl methyl sites for hydroxylation is 1. The zero-order valence-electron chi connectivity index (χ0n) is 9.84. The van der Waals surface area contributed by atoms with Crippen LogP contribution in [0.1, 0.15) is 37.8 Å². The second-order valence-corrected chi connectivity index (χ2v) is 4.36. The summed E-state index contributed by atoms with van der Waals surface area (Å²) in [5.74, 6) is 0. The Kier molecular flexibility index (Phi) is 3.11. The fourth-order valence-electron chi connectivity index (χ4n) is 2.95. The van der Waals surface area contributed by atoms with Crippen molar-refractivity contribution in [2.24, 2.45) is 0 Å². The van der Waals surface area contributed by atoms with Gasteiger partial charge in [-0.1, -0.05) is 38.1 Å². The molecule has 15 heavy (non-hydrogen) atoms. The summed E-state index contributed by atoms with van der Waals surface area (Å²) in [6.07, 6.45) is 3.99. The molecular weight excluding hydrogens is 182 g/mol. The minimum Gasteiger partial charge on any atom is -0.316 e. The molecule has 1 heteroatoms. The van der Waals surface area contributed by atoms with E-state index in [4.69, 9.17) is 0 Å². The predicted molar refractivity (Wildman–Crippen MR) is 65.3 cm³/mol. The Labute approximate surface area is 92.9 Å². The SMILES string of the molecule is CC.c1ccc2c(c1)CCC21CCNC1. The Morgan fingerprint density at radius 1 is 1.13 bits per heavy atom. The van der Waals surface area contributed by atoms with Gasteiger partial charge in [-0.05, 0) is 36.9 Å². The zero-order chi connectivity index (χ0) is 10.7. The largest absolute Gasteiger partial charge is 0.316 e. The number of fused-ring (bicyclic) bond motifs is 2. The van der Waals surface area contributed by atoms with Gasteiger partial charge in [-0.3, -0.25) is 0 Å². The van der Waals surface area contributed by atoms with E-state index in [-0.39, 0.29) is 0 Å². The van der Waals surface area contributed by atoms with Crippen molar-refractivity contribution < 1.29 is 0 Å². The first kappa shape index (κ1) is 10.7. The fourth-order valence-corrected chi connectivity index (χ4v) is 2.95. The molecule has 1 atom stereocenters. The van der Waals surface area contributed by atoms with Crippen molar-refractivity contribution in [3.63, 3.8) is 0 Å². The van der Waals surface area contributed by atoms with Gasteiger partial charge in [0.2, 0.25) is 0 Å². The molecule has 1 fully saturated rings. The van der Waals surface area contributed by atoms with E-state index in [9.17, 15) is 0 Å². The number of benzene rings is 1. The smallest absolute Gasteiger partial charge is 0.00957 e. The van der Waals surface area contributed by atoms with Crippen molar-refractivity contribution in [2.45, 2.75) is 38.5 Å². The van der Waals surface area contributed by atoms with Crippen LogP contribution in [0.25, 0.3) is 0 Å². The van der Waals surface area contributed by atoms with Gasteiger partial charge in [0.05, 0.1) is 0 Å². The van der Waals surface area contributed by atoms with Gasteiger partial charge in [0, 0.05) is 12.0 Å². The van der Waals surface area contributed by atoms with Gasteiger partial charge in [0.25, 0.3) is 0 Å². The first-order valence-electron chi connectivity index (χ1n) is 6.20. The lowest BCUT2D eigenvalue weighted by molar-refractivity contribution is 0.468. The van der Waals surface area contributed by atoms with E-state index in [1.807, 2.05) is 13.8 Å². The lowest BCUT2D eigenvalue weighted by Crippen LogP contribution is -2.25. The van der Waals surface area contributed by atoms with Gasteiger partial charge >= 0.3 is 0 Å². The van der Waals surface area contributed by atoms with Crippen molar-refractivity contribution >= 4 is 0 Å². The van der Waals surface area contributed by atoms with Gasteiger partial charge in [-0.15, -0.1) is 0 Å². The summed E-state index contributed by atoms with van der Waals surface area (Å²) in [6, 6.07) is 8.97.